The van der Waals surface area contributed by atoms with Gasteiger partial charge in [-0.1, -0.05) is 0 Å². The maximum atomic E-state index is 12.9. The number of aryl methyl sites for hydroxylation is 1. The number of likely N-dealkylation sites (tertiary alicyclic amines) is 2. The predicted octanol–water partition coefficient (Wildman–Crippen LogP) is 1.93. The van der Waals surface area contributed by atoms with Crippen LogP contribution < -0.4 is 4.74 Å². The molecule has 2 aliphatic heterocycles. The zero-order valence-corrected chi connectivity index (χ0v) is 16.0. The number of carbonyl (C=O) groups excluding carboxylic acids is 2. The van der Waals surface area contributed by atoms with Crippen LogP contribution in [0.4, 0.5) is 0 Å². The number of carbonyl (C=O) groups is 3. The van der Waals surface area contributed by atoms with E-state index in [1.54, 1.807) is 19.2 Å². The van der Waals surface area contributed by atoms with Crippen LogP contribution >= 0.6 is 0 Å². The Morgan fingerprint density at radius 3 is 2.37 bits per heavy atom. The second-order valence-corrected chi connectivity index (χ2v) is 7.68. The van der Waals surface area contributed by atoms with Gasteiger partial charge < -0.3 is 19.6 Å². The second kappa shape index (κ2) is 7.21. The molecule has 1 atom stereocenters. The monoisotopic (exact) mass is 374 g/mol. The third-order valence-electron chi connectivity index (χ3n) is 5.97. The normalized spacial score (nSPS) is 21.4. The fourth-order valence-corrected chi connectivity index (χ4v) is 4.33. The lowest BCUT2D eigenvalue weighted by Gasteiger charge is -2.39. The van der Waals surface area contributed by atoms with Gasteiger partial charge in [0.05, 0.1) is 7.11 Å². The Bertz CT molecular complexity index is 744. The third-order valence-corrected chi connectivity index (χ3v) is 5.97. The number of aliphatic carboxylic acids is 1. The Morgan fingerprint density at radius 2 is 1.89 bits per heavy atom. The van der Waals surface area contributed by atoms with E-state index in [1.807, 2.05) is 17.9 Å². The third kappa shape index (κ3) is 3.63. The van der Waals surface area contributed by atoms with Gasteiger partial charge in [0, 0.05) is 32.1 Å². The predicted molar refractivity (Wildman–Crippen MR) is 98.7 cm³/mol. The van der Waals surface area contributed by atoms with E-state index in [-0.39, 0.29) is 17.2 Å². The van der Waals surface area contributed by atoms with Crippen molar-refractivity contribution >= 4 is 17.8 Å². The summed E-state index contributed by atoms with van der Waals surface area (Å²) >= 11 is 0. The molecule has 1 aromatic rings. The molecule has 1 aromatic carbocycles. The van der Waals surface area contributed by atoms with Gasteiger partial charge in [-0.05, 0) is 55.4 Å². The number of carboxylic acids is 1. The number of hydrogen-bond acceptors (Lipinski definition) is 4. The summed E-state index contributed by atoms with van der Waals surface area (Å²) < 4.78 is 5.19. The lowest BCUT2D eigenvalue weighted by Crippen LogP contribution is -2.44. The van der Waals surface area contributed by atoms with E-state index in [2.05, 4.69) is 0 Å². The molecule has 1 spiro atoms. The molecule has 27 heavy (non-hydrogen) atoms. The minimum absolute atomic E-state index is 0.0128. The molecule has 1 N–H and O–H groups in total. The van der Waals surface area contributed by atoms with Gasteiger partial charge in [0.15, 0.2) is 0 Å². The highest BCUT2D eigenvalue weighted by Gasteiger charge is 2.49. The standard InChI is InChI=1S/C20H26N2O5/c1-13-10-15(27-3)4-5-16(13)18(24)21-8-6-20(7-9-21)11-17(19(25)26)22(12-20)14(2)23/h4-5,10,17H,6-9,11-12H2,1-3H3,(H,25,26)/t17-/m0/s1. The molecule has 2 saturated heterocycles. The van der Waals surface area contributed by atoms with Crippen molar-refractivity contribution in [1.82, 2.24) is 9.80 Å². The molecule has 2 fully saturated rings. The number of carboxylic acid groups (broad SMARTS) is 1. The summed E-state index contributed by atoms with van der Waals surface area (Å²) in [6.45, 7) is 4.91. The van der Waals surface area contributed by atoms with Gasteiger partial charge in [0.1, 0.15) is 11.8 Å². The van der Waals surface area contributed by atoms with Gasteiger partial charge in [-0.2, -0.15) is 0 Å². The lowest BCUT2D eigenvalue weighted by molar-refractivity contribution is -0.147. The number of methoxy groups -OCH3 is 1. The molecule has 2 heterocycles. The van der Waals surface area contributed by atoms with Crippen LogP contribution in [0.1, 0.15) is 42.1 Å². The molecule has 0 aromatic heterocycles. The van der Waals surface area contributed by atoms with Gasteiger partial charge in [-0.3, -0.25) is 9.59 Å². The van der Waals surface area contributed by atoms with Crippen LogP contribution in [0.25, 0.3) is 0 Å². The molecule has 7 nitrogen and oxygen atoms in total. The summed E-state index contributed by atoms with van der Waals surface area (Å²) in [4.78, 5) is 39.5. The number of hydrogen-bond donors (Lipinski definition) is 1. The van der Waals surface area contributed by atoms with Gasteiger partial charge in [0.25, 0.3) is 5.91 Å². The minimum Gasteiger partial charge on any atom is -0.497 e. The highest BCUT2D eigenvalue weighted by molar-refractivity contribution is 5.96. The smallest absolute Gasteiger partial charge is 0.326 e. The first-order valence-electron chi connectivity index (χ1n) is 9.20. The summed E-state index contributed by atoms with van der Waals surface area (Å²) in [5.41, 5.74) is 1.32. The number of piperidine rings is 1. The van der Waals surface area contributed by atoms with Crippen LogP contribution in [0.2, 0.25) is 0 Å². The zero-order chi connectivity index (χ0) is 19.8. The summed E-state index contributed by atoms with van der Waals surface area (Å²) in [7, 11) is 1.59. The fourth-order valence-electron chi connectivity index (χ4n) is 4.33. The van der Waals surface area contributed by atoms with Crippen molar-refractivity contribution in [3.05, 3.63) is 29.3 Å². The number of ether oxygens (including phenoxy) is 1. The number of nitrogens with zero attached hydrogens (tertiary/aromatic N) is 2. The highest BCUT2D eigenvalue weighted by Crippen LogP contribution is 2.43. The van der Waals surface area contributed by atoms with Crippen molar-refractivity contribution in [3.63, 3.8) is 0 Å². The Morgan fingerprint density at radius 1 is 1.22 bits per heavy atom. The first-order chi connectivity index (χ1) is 12.8. The molecular weight excluding hydrogens is 348 g/mol. The van der Waals surface area contributed by atoms with Gasteiger partial charge in [0.2, 0.25) is 5.91 Å². The van der Waals surface area contributed by atoms with Crippen molar-refractivity contribution in [2.45, 2.75) is 39.2 Å². The van der Waals surface area contributed by atoms with Crippen LogP contribution in [0.5, 0.6) is 5.75 Å². The summed E-state index contributed by atoms with van der Waals surface area (Å²) in [5, 5.41) is 9.44. The van der Waals surface area contributed by atoms with E-state index in [1.165, 1.54) is 11.8 Å². The molecule has 2 aliphatic rings. The van der Waals surface area contributed by atoms with E-state index in [9.17, 15) is 19.5 Å². The maximum Gasteiger partial charge on any atom is 0.326 e. The number of amides is 2. The van der Waals surface area contributed by atoms with Crippen LogP contribution in [0, 0.1) is 12.3 Å². The van der Waals surface area contributed by atoms with Crippen LogP contribution in [-0.2, 0) is 9.59 Å². The molecule has 2 amide bonds. The van der Waals surface area contributed by atoms with Crippen LogP contribution in [0.3, 0.4) is 0 Å². The van der Waals surface area contributed by atoms with Gasteiger partial charge >= 0.3 is 5.97 Å². The summed E-state index contributed by atoms with van der Waals surface area (Å²) in [5.74, 6) is -0.445. The number of rotatable bonds is 3. The average Bonchev–Trinajstić information content (AvgIpc) is 3.01. The first kappa shape index (κ1) is 19.2. The molecule has 0 bridgehead atoms. The molecule has 0 radical (unpaired) electrons. The Kier molecular flexibility index (Phi) is 5.13. The molecule has 0 aliphatic carbocycles. The maximum absolute atomic E-state index is 12.9. The summed E-state index contributed by atoms with van der Waals surface area (Å²) in [6, 6.07) is 4.66. The highest BCUT2D eigenvalue weighted by atomic mass is 16.5. The van der Waals surface area contributed by atoms with Crippen LogP contribution in [0.15, 0.2) is 18.2 Å². The van der Waals surface area contributed by atoms with E-state index in [0.717, 1.165) is 11.3 Å². The molecular formula is C20H26N2O5. The Hall–Kier alpha value is -2.57. The first-order valence-corrected chi connectivity index (χ1v) is 9.20. The SMILES string of the molecule is COc1ccc(C(=O)N2CCC3(CC2)C[C@@H](C(=O)O)N(C(C)=O)C3)c(C)c1. The second-order valence-electron chi connectivity index (χ2n) is 7.68. The van der Waals surface area contributed by atoms with E-state index in [0.29, 0.717) is 44.5 Å². The Balaban J connectivity index is 1.69. The Labute approximate surface area is 158 Å². The van der Waals surface area contributed by atoms with E-state index < -0.39 is 12.0 Å². The molecule has 3 rings (SSSR count). The van der Waals surface area contributed by atoms with Crippen molar-refractivity contribution < 1.29 is 24.2 Å². The van der Waals surface area contributed by atoms with E-state index >= 15 is 0 Å². The quantitative estimate of drug-likeness (QED) is 0.874. The van der Waals surface area contributed by atoms with Gasteiger partial charge in [-0.25, -0.2) is 4.79 Å². The number of benzene rings is 1. The topological polar surface area (TPSA) is 87.2 Å². The van der Waals surface area contributed by atoms with Crippen molar-refractivity contribution in [1.29, 1.82) is 0 Å². The molecule has 7 heteroatoms. The van der Waals surface area contributed by atoms with Gasteiger partial charge in [-0.15, -0.1) is 0 Å². The van der Waals surface area contributed by atoms with Crippen molar-refractivity contribution in [2.24, 2.45) is 5.41 Å². The largest absolute Gasteiger partial charge is 0.497 e. The molecule has 0 unspecified atom stereocenters. The fraction of sp³-hybridized carbons (Fsp3) is 0.550. The zero-order valence-electron chi connectivity index (χ0n) is 16.0. The minimum atomic E-state index is -0.950. The van der Waals surface area contributed by atoms with E-state index in [4.69, 9.17) is 4.74 Å². The molecule has 146 valence electrons. The molecule has 0 saturated carbocycles. The van der Waals surface area contributed by atoms with Crippen molar-refractivity contribution in [2.75, 3.05) is 26.7 Å². The van der Waals surface area contributed by atoms with Crippen molar-refractivity contribution in [3.8, 4) is 5.75 Å². The summed E-state index contributed by atoms with van der Waals surface area (Å²) in [6.07, 6.45) is 1.88. The van der Waals surface area contributed by atoms with Crippen LogP contribution in [-0.4, -0.2) is 65.5 Å². The lowest BCUT2D eigenvalue weighted by atomic mass is 9.76. The average molecular weight is 374 g/mol.